The predicted octanol–water partition coefficient (Wildman–Crippen LogP) is 1.09. The molecule has 0 spiro atoms. The molecule has 0 saturated carbocycles. The molecular weight excluding hydrogens is 180 g/mol. The minimum Gasteiger partial charge on any atom is -0.481 e. The standard InChI is InChI=1S/C10H12N2O2/c1-3-4-12-7-9(6-11-12)8(2)5-10(13)14/h1,6-8H,4-5H2,2H3,(H,13,14). The number of aliphatic carboxylic acids is 1. The third-order valence-corrected chi connectivity index (χ3v) is 1.96. The lowest BCUT2D eigenvalue weighted by Gasteiger charge is -2.03. The van der Waals surface area contributed by atoms with Crippen molar-refractivity contribution in [3.8, 4) is 12.3 Å². The number of hydrogen-bond donors (Lipinski definition) is 1. The van der Waals surface area contributed by atoms with E-state index in [9.17, 15) is 4.79 Å². The van der Waals surface area contributed by atoms with Crippen LogP contribution >= 0.6 is 0 Å². The highest BCUT2D eigenvalue weighted by Gasteiger charge is 2.11. The molecule has 0 fully saturated rings. The van der Waals surface area contributed by atoms with Gasteiger partial charge < -0.3 is 5.11 Å². The Kier molecular flexibility index (Phi) is 3.29. The summed E-state index contributed by atoms with van der Waals surface area (Å²) in [6, 6.07) is 0. The van der Waals surface area contributed by atoms with Crippen molar-refractivity contribution in [3.05, 3.63) is 18.0 Å². The van der Waals surface area contributed by atoms with E-state index in [0.717, 1.165) is 5.56 Å². The first-order chi connectivity index (χ1) is 6.63. The zero-order chi connectivity index (χ0) is 10.6. The van der Waals surface area contributed by atoms with Gasteiger partial charge in [-0.05, 0) is 11.5 Å². The largest absolute Gasteiger partial charge is 0.481 e. The molecule has 74 valence electrons. The molecule has 1 N–H and O–H groups in total. The van der Waals surface area contributed by atoms with Gasteiger partial charge in [0.05, 0.1) is 12.6 Å². The molecule has 0 radical (unpaired) electrons. The minimum atomic E-state index is -0.804. The monoisotopic (exact) mass is 192 g/mol. The van der Waals surface area contributed by atoms with Gasteiger partial charge in [0.2, 0.25) is 0 Å². The van der Waals surface area contributed by atoms with Gasteiger partial charge in [-0.2, -0.15) is 5.10 Å². The van der Waals surface area contributed by atoms with Gasteiger partial charge in [0.1, 0.15) is 6.54 Å². The molecule has 14 heavy (non-hydrogen) atoms. The van der Waals surface area contributed by atoms with Crippen LogP contribution in [0.4, 0.5) is 0 Å². The Balaban J connectivity index is 2.67. The van der Waals surface area contributed by atoms with Crippen molar-refractivity contribution < 1.29 is 9.90 Å². The lowest BCUT2D eigenvalue weighted by Crippen LogP contribution is -2.02. The highest BCUT2D eigenvalue weighted by molar-refractivity contribution is 5.67. The summed E-state index contributed by atoms with van der Waals surface area (Å²) < 4.78 is 1.62. The zero-order valence-electron chi connectivity index (χ0n) is 7.97. The summed E-state index contributed by atoms with van der Waals surface area (Å²) in [6.45, 7) is 2.27. The van der Waals surface area contributed by atoms with Crippen molar-refractivity contribution in [1.82, 2.24) is 9.78 Å². The summed E-state index contributed by atoms with van der Waals surface area (Å²) in [6.07, 6.45) is 8.68. The quantitative estimate of drug-likeness (QED) is 0.726. The topological polar surface area (TPSA) is 55.1 Å². The maximum atomic E-state index is 10.5. The second-order valence-electron chi connectivity index (χ2n) is 3.17. The number of carboxylic acid groups (broad SMARTS) is 1. The number of nitrogens with zero attached hydrogens (tertiary/aromatic N) is 2. The number of rotatable bonds is 4. The van der Waals surface area contributed by atoms with Gasteiger partial charge in [0, 0.05) is 6.20 Å². The van der Waals surface area contributed by atoms with Gasteiger partial charge in [-0.15, -0.1) is 6.42 Å². The fourth-order valence-electron chi connectivity index (χ4n) is 1.19. The second kappa shape index (κ2) is 4.47. The summed E-state index contributed by atoms with van der Waals surface area (Å²) in [5.74, 6) is 1.63. The first-order valence-electron chi connectivity index (χ1n) is 4.31. The molecule has 0 aliphatic heterocycles. The van der Waals surface area contributed by atoms with E-state index in [1.54, 1.807) is 17.1 Å². The van der Waals surface area contributed by atoms with E-state index in [1.165, 1.54) is 0 Å². The molecule has 0 aliphatic carbocycles. The first-order valence-corrected chi connectivity index (χ1v) is 4.31. The van der Waals surface area contributed by atoms with Crippen molar-refractivity contribution in [1.29, 1.82) is 0 Å². The minimum absolute atomic E-state index is 0.0287. The van der Waals surface area contributed by atoms with Crippen LogP contribution < -0.4 is 0 Å². The van der Waals surface area contributed by atoms with Crippen molar-refractivity contribution in [2.45, 2.75) is 25.8 Å². The van der Waals surface area contributed by atoms with E-state index in [2.05, 4.69) is 11.0 Å². The molecule has 1 unspecified atom stereocenters. The highest BCUT2D eigenvalue weighted by atomic mass is 16.4. The van der Waals surface area contributed by atoms with E-state index in [0.29, 0.717) is 6.54 Å². The first kappa shape index (κ1) is 10.3. The molecule has 0 aromatic carbocycles. The third-order valence-electron chi connectivity index (χ3n) is 1.96. The molecule has 0 saturated heterocycles. The summed E-state index contributed by atoms with van der Waals surface area (Å²) in [7, 11) is 0. The van der Waals surface area contributed by atoms with Gasteiger partial charge in [-0.3, -0.25) is 9.48 Å². The van der Waals surface area contributed by atoms with E-state index in [-0.39, 0.29) is 12.3 Å². The van der Waals surface area contributed by atoms with Crippen LogP contribution in [-0.4, -0.2) is 20.9 Å². The molecule has 0 aliphatic rings. The van der Waals surface area contributed by atoms with Gasteiger partial charge >= 0.3 is 5.97 Å². The summed E-state index contributed by atoms with van der Waals surface area (Å²) >= 11 is 0. The molecule has 4 nitrogen and oxygen atoms in total. The molecule has 1 aromatic heterocycles. The van der Waals surface area contributed by atoms with Gasteiger partial charge in [0.15, 0.2) is 0 Å². The number of carbonyl (C=O) groups is 1. The lowest BCUT2D eigenvalue weighted by molar-refractivity contribution is -0.137. The molecular formula is C10H12N2O2. The Hall–Kier alpha value is -1.76. The van der Waals surface area contributed by atoms with Crippen LogP contribution in [0.1, 0.15) is 24.8 Å². The average molecular weight is 192 g/mol. The van der Waals surface area contributed by atoms with Crippen LogP contribution in [0, 0.1) is 12.3 Å². The Morgan fingerprint density at radius 1 is 1.86 bits per heavy atom. The van der Waals surface area contributed by atoms with Crippen LogP contribution in [0.15, 0.2) is 12.4 Å². The number of hydrogen-bond acceptors (Lipinski definition) is 2. The molecule has 0 amide bonds. The normalized spacial score (nSPS) is 12.0. The molecule has 4 heteroatoms. The smallest absolute Gasteiger partial charge is 0.303 e. The second-order valence-corrected chi connectivity index (χ2v) is 3.17. The SMILES string of the molecule is C#CCn1cc(C(C)CC(=O)O)cn1. The average Bonchev–Trinajstić information content (AvgIpc) is 2.52. The maximum Gasteiger partial charge on any atom is 0.303 e. The zero-order valence-corrected chi connectivity index (χ0v) is 7.97. The fourth-order valence-corrected chi connectivity index (χ4v) is 1.19. The van der Waals surface area contributed by atoms with Crippen LogP contribution in [0.25, 0.3) is 0 Å². The van der Waals surface area contributed by atoms with E-state index in [4.69, 9.17) is 11.5 Å². The highest BCUT2D eigenvalue weighted by Crippen LogP contribution is 2.17. The van der Waals surface area contributed by atoms with E-state index < -0.39 is 5.97 Å². The van der Waals surface area contributed by atoms with Gasteiger partial charge in [-0.1, -0.05) is 12.8 Å². The number of terminal acetylenes is 1. The summed E-state index contributed by atoms with van der Waals surface area (Å²) in [4.78, 5) is 10.5. The Labute approximate surface area is 82.5 Å². The fraction of sp³-hybridized carbons (Fsp3) is 0.400. The molecule has 1 atom stereocenters. The van der Waals surface area contributed by atoms with Crippen LogP contribution in [0.2, 0.25) is 0 Å². The summed E-state index contributed by atoms with van der Waals surface area (Å²) in [5.41, 5.74) is 0.905. The van der Waals surface area contributed by atoms with Crippen LogP contribution in [0.3, 0.4) is 0 Å². The number of carboxylic acids is 1. The Bertz CT molecular complexity index is 362. The van der Waals surface area contributed by atoms with E-state index >= 15 is 0 Å². The van der Waals surface area contributed by atoms with Crippen LogP contribution in [-0.2, 0) is 11.3 Å². The van der Waals surface area contributed by atoms with Gasteiger partial charge in [0.25, 0.3) is 0 Å². The van der Waals surface area contributed by atoms with Crippen molar-refractivity contribution in [2.24, 2.45) is 0 Å². The van der Waals surface area contributed by atoms with Crippen molar-refractivity contribution in [3.63, 3.8) is 0 Å². The molecule has 0 bridgehead atoms. The lowest BCUT2D eigenvalue weighted by atomic mass is 10.0. The van der Waals surface area contributed by atoms with Crippen molar-refractivity contribution in [2.75, 3.05) is 0 Å². The maximum absolute atomic E-state index is 10.5. The molecule has 1 heterocycles. The Morgan fingerprint density at radius 3 is 3.14 bits per heavy atom. The molecule has 1 aromatic rings. The third kappa shape index (κ3) is 2.63. The van der Waals surface area contributed by atoms with E-state index in [1.807, 2.05) is 6.92 Å². The predicted molar refractivity (Wildman–Crippen MR) is 51.7 cm³/mol. The van der Waals surface area contributed by atoms with Crippen LogP contribution in [0.5, 0.6) is 0 Å². The van der Waals surface area contributed by atoms with Gasteiger partial charge in [-0.25, -0.2) is 0 Å². The van der Waals surface area contributed by atoms with Crippen molar-refractivity contribution >= 4 is 5.97 Å². The summed E-state index contributed by atoms with van der Waals surface area (Å²) in [5, 5.41) is 12.6. The number of aromatic nitrogens is 2. The molecule has 1 rings (SSSR count). The Morgan fingerprint density at radius 2 is 2.57 bits per heavy atom.